The van der Waals surface area contributed by atoms with Crippen LogP contribution in [0.4, 0.5) is 0 Å². The summed E-state index contributed by atoms with van der Waals surface area (Å²) in [6.45, 7) is 6.66. The van der Waals surface area contributed by atoms with Gasteiger partial charge in [-0.3, -0.25) is 10.1 Å². The zero-order valence-corrected chi connectivity index (χ0v) is 13.5. The molecule has 1 amide bonds. The van der Waals surface area contributed by atoms with Crippen LogP contribution in [0.3, 0.4) is 0 Å². The molecule has 1 aliphatic heterocycles. The molecular formula is C15H21BrN2O2. The van der Waals surface area contributed by atoms with E-state index in [-0.39, 0.29) is 18.0 Å². The number of nitrogens with zero attached hydrogens (tertiary/aromatic N) is 1. The molecule has 5 heteroatoms. The van der Waals surface area contributed by atoms with Crippen molar-refractivity contribution in [1.29, 1.82) is 0 Å². The Labute approximate surface area is 128 Å². The van der Waals surface area contributed by atoms with E-state index in [1.807, 2.05) is 24.0 Å². The van der Waals surface area contributed by atoms with Crippen LogP contribution in [-0.4, -0.2) is 43.2 Å². The van der Waals surface area contributed by atoms with Crippen molar-refractivity contribution in [3.05, 3.63) is 34.3 Å². The number of carbonyl (C=O) groups excluding carboxylic acids is 1. The highest BCUT2D eigenvalue weighted by Crippen LogP contribution is 2.17. The van der Waals surface area contributed by atoms with Gasteiger partial charge in [0.1, 0.15) is 0 Å². The number of carbonyl (C=O) groups is 1. The number of hydrogen-bond donors (Lipinski definition) is 1. The average molecular weight is 341 g/mol. The summed E-state index contributed by atoms with van der Waals surface area (Å²) < 4.78 is 6.33. The van der Waals surface area contributed by atoms with Gasteiger partial charge >= 0.3 is 0 Å². The average Bonchev–Trinajstić information content (AvgIpc) is 2.48. The highest BCUT2D eigenvalue weighted by atomic mass is 79.9. The molecule has 1 aliphatic rings. The first kappa shape index (κ1) is 15.5. The van der Waals surface area contributed by atoms with Crippen molar-refractivity contribution in [3.63, 3.8) is 0 Å². The maximum Gasteiger partial charge on any atom is 0.239 e. The number of benzene rings is 1. The summed E-state index contributed by atoms with van der Waals surface area (Å²) in [5, 5.41) is 3.37. The van der Waals surface area contributed by atoms with Gasteiger partial charge in [0, 0.05) is 23.6 Å². The van der Waals surface area contributed by atoms with Gasteiger partial charge in [0.25, 0.3) is 0 Å². The second kappa shape index (κ2) is 7.20. The fraction of sp³-hybridized carbons (Fsp3) is 0.533. The van der Waals surface area contributed by atoms with Gasteiger partial charge in [0.2, 0.25) is 5.91 Å². The van der Waals surface area contributed by atoms with Gasteiger partial charge < -0.3 is 9.64 Å². The minimum atomic E-state index is -0.188. The lowest BCUT2D eigenvalue weighted by Crippen LogP contribution is -2.49. The summed E-state index contributed by atoms with van der Waals surface area (Å²) >= 11 is 3.43. The Morgan fingerprint density at radius 2 is 1.85 bits per heavy atom. The molecule has 2 unspecified atom stereocenters. The van der Waals surface area contributed by atoms with Crippen LogP contribution in [0.2, 0.25) is 0 Å². The van der Waals surface area contributed by atoms with Gasteiger partial charge in [-0.2, -0.15) is 0 Å². The van der Waals surface area contributed by atoms with Crippen molar-refractivity contribution in [3.8, 4) is 0 Å². The van der Waals surface area contributed by atoms with Gasteiger partial charge in [-0.1, -0.05) is 28.1 Å². The number of hydrogen-bond acceptors (Lipinski definition) is 3. The molecular weight excluding hydrogens is 320 g/mol. The fourth-order valence-corrected chi connectivity index (χ4v) is 2.62. The summed E-state index contributed by atoms with van der Waals surface area (Å²) in [4.78, 5) is 14.2. The van der Waals surface area contributed by atoms with E-state index >= 15 is 0 Å². The highest BCUT2D eigenvalue weighted by molar-refractivity contribution is 9.10. The Morgan fingerprint density at radius 1 is 1.25 bits per heavy atom. The third kappa shape index (κ3) is 4.04. The zero-order chi connectivity index (χ0) is 14.5. The minimum Gasteiger partial charge on any atom is -0.378 e. The lowest BCUT2D eigenvalue weighted by molar-refractivity contribution is -0.137. The van der Waals surface area contributed by atoms with Crippen LogP contribution in [0, 0.1) is 0 Å². The van der Waals surface area contributed by atoms with E-state index < -0.39 is 0 Å². The van der Waals surface area contributed by atoms with E-state index in [0.717, 1.165) is 4.47 Å². The molecule has 1 fully saturated rings. The molecule has 2 rings (SSSR count). The molecule has 1 aromatic carbocycles. The Hall–Kier alpha value is -0.910. The molecule has 4 nitrogen and oxygen atoms in total. The standard InChI is InChI=1S/C15H21BrN2O2/c1-11(13-3-5-14(16)6-4-13)17-12(2)15(19)18-7-9-20-10-8-18/h3-6,11-12,17H,7-10H2,1-2H3. The third-order valence-electron chi connectivity index (χ3n) is 3.56. The van der Waals surface area contributed by atoms with E-state index in [2.05, 4.69) is 40.3 Å². The van der Waals surface area contributed by atoms with Crippen LogP contribution in [0.25, 0.3) is 0 Å². The Balaban J connectivity index is 1.91. The van der Waals surface area contributed by atoms with E-state index in [1.54, 1.807) is 0 Å². The van der Waals surface area contributed by atoms with Crippen molar-refractivity contribution >= 4 is 21.8 Å². The van der Waals surface area contributed by atoms with Crippen LogP contribution in [0.1, 0.15) is 25.5 Å². The largest absolute Gasteiger partial charge is 0.378 e. The molecule has 2 atom stereocenters. The Kier molecular flexibility index (Phi) is 5.57. The van der Waals surface area contributed by atoms with Crippen LogP contribution in [0.5, 0.6) is 0 Å². The summed E-state index contributed by atoms with van der Waals surface area (Å²) in [5.74, 6) is 0.150. The minimum absolute atomic E-state index is 0.142. The second-order valence-corrected chi connectivity index (χ2v) is 6.01. The number of nitrogens with one attached hydrogen (secondary N) is 1. The molecule has 110 valence electrons. The second-order valence-electron chi connectivity index (χ2n) is 5.10. The first-order chi connectivity index (χ1) is 9.58. The van der Waals surface area contributed by atoms with E-state index in [0.29, 0.717) is 26.3 Å². The topological polar surface area (TPSA) is 41.6 Å². The summed E-state index contributed by atoms with van der Waals surface area (Å²) in [6.07, 6.45) is 0. The Morgan fingerprint density at radius 3 is 2.45 bits per heavy atom. The lowest BCUT2D eigenvalue weighted by atomic mass is 10.1. The van der Waals surface area contributed by atoms with Crippen molar-refractivity contribution in [2.75, 3.05) is 26.3 Å². The molecule has 0 aliphatic carbocycles. The van der Waals surface area contributed by atoms with Crippen molar-refractivity contribution in [2.24, 2.45) is 0 Å². The SMILES string of the molecule is CC(NC(C)c1ccc(Br)cc1)C(=O)N1CCOCC1. The molecule has 1 heterocycles. The molecule has 0 spiro atoms. The fourth-order valence-electron chi connectivity index (χ4n) is 2.35. The smallest absolute Gasteiger partial charge is 0.239 e. The molecule has 1 N–H and O–H groups in total. The lowest BCUT2D eigenvalue weighted by Gasteiger charge is -2.30. The maximum absolute atomic E-state index is 12.3. The number of ether oxygens (including phenoxy) is 1. The van der Waals surface area contributed by atoms with E-state index in [9.17, 15) is 4.79 Å². The maximum atomic E-state index is 12.3. The predicted molar refractivity (Wildman–Crippen MR) is 82.6 cm³/mol. The predicted octanol–water partition coefficient (Wildman–Crippen LogP) is 2.35. The van der Waals surface area contributed by atoms with Crippen molar-refractivity contribution < 1.29 is 9.53 Å². The molecule has 20 heavy (non-hydrogen) atoms. The summed E-state index contributed by atoms with van der Waals surface area (Å²) in [7, 11) is 0. The van der Waals surface area contributed by atoms with Crippen LogP contribution >= 0.6 is 15.9 Å². The van der Waals surface area contributed by atoms with Gasteiger partial charge in [-0.25, -0.2) is 0 Å². The van der Waals surface area contributed by atoms with Crippen molar-refractivity contribution in [1.82, 2.24) is 10.2 Å². The Bertz CT molecular complexity index is 444. The van der Waals surface area contributed by atoms with Gasteiger partial charge in [-0.05, 0) is 31.5 Å². The molecule has 1 aromatic rings. The monoisotopic (exact) mass is 340 g/mol. The zero-order valence-electron chi connectivity index (χ0n) is 11.9. The number of morpholine rings is 1. The molecule has 0 radical (unpaired) electrons. The molecule has 1 saturated heterocycles. The first-order valence-electron chi connectivity index (χ1n) is 6.96. The van der Waals surface area contributed by atoms with Crippen LogP contribution in [0.15, 0.2) is 28.7 Å². The van der Waals surface area contributed by atoms with Crippen LogP contribution < -0.4 is 5.32 Å². The summed E-state index contributed by atoms with van der Waals surface area (Å²) in [6, 6.07) is 8.11. The molecule has 0 aromatic heterocycles. The number of amides is 1. The van der Waals surface area contributed by atoms with Crippen LogP contribution in [-0.2, 0) is 9.53 Å². The number of rotatable bonds is 4. The third-order valence-corrected chi connectivity index (χ3v) is 4.09. The number of halogens is 1. The quantitative estimate of drug-likeness (QED) is 0.914. The highest BCUT2D eigenvalue weighted by Gasteiger charge is 2.23. The molecule has 0 bridgehead atoms. The van der Waals surface area contributed by atoms with Gasteiger partial charge in [0.05, 0.1) is 19.3 Å². The van der Waals surface area contributed by atoms with Crippen molar-refractivity contribution in [2.45, 2.75) is 25.9 Å². The summed E-state index contributed by atoms with van der Waals surface area (Å²) in [5.41, 5.74) is 1.18. The normalized spacial score (nSPS) is 18.6. The van der Waals surface area contributed by atoms with Gasteiger partial charge in [-0.15, -0.1) is 0 Å². The van der Waals surface area contributed by atoms with Gasteiger partial charge in [0.15, 0.2) is 0 Å². The molecule has 0 saturated carbocycles. The first-order valence-corrected chi connectivity index (χ1v) is 7.75. The van der Waals surface area contributed by atoms with E-state index in [4.69, 9.17) is 4.74 Å². The van der Waals surface area contributed by atoms with E-state index in [1.165, 1.54) is 5.56 Å².